The van der Waals surface area contributed by atoms with Crippen molar-refractivity contribution >= 4 is 11.3 Å². The summed E-state index contributed by atoms with van der Waals surface area (Å²) in [7, 11) is 0. The first kappa shape index (κ1) is 9.19. The van der Waals surface area contributed by atoms with Gasteiger partial charge in [0, 0.05) is 17.3 Å². The van der Waals surface area contributed by atoms with E-state index >= 15 is 0 Å². The number of rotatable bonds is 2. The second-order valence-electron chi connectivity index (χ2n) is 3.40. The van der Waals surface area contributed by atoms with Crippen LogP contribution < -0.4 is 5.73 Å². The summed E-state index contributed by atoms with van der Waals surface area (Å²) in [6, 6.07) is 2.22. The highest BCUT2D eigenvalue weighted by Gasteiger charge is 2.26. The Labute approximate surface area is 82.7 Å². The van der Waals surface area contributed by atoms with Crippen LogP contribution in [0.4, 0.5) is 0 Å². The summed E-state index contributed by atoms with van der Waals surface area (Å²) in [4.78, 5) is 1.35. The molecule has 0 aromatic carbocycles. The first-order valence-electron chi connectivity index (χ1n) is 4.75. The highest BCUT2D eigenvalue weighted by atomic mass is 32.1. The van der Waals surface area contributed by atoms with Gasteiger partial charge < -0.3 is 10.5 Å². The van der Waals surface area contributed by atoms with Crippen molar-refractivity contribution in [2.45, 2.75) is 25.4 Å². The van der Waals surface area contributed by atoms with Gasteiger partial charge in [0.2, 0.25) is 0 Å². The van der Waals surface area contributed by atoms with Gasteiger partial charge in [0.25, 0.3) is 0 Å². The molecular formula is C10H15NOS. The highest BCUT2D eigenvalue weighted by Crippen LogP contribution is 2.38. The molecule has 1 aromatic heterocycles. The summed E-state index contributed by atoms with van der Waals surface area (Å²) in [5, 5.41) is 2.14. The van der Waals surface area contributed by atoms with Crippen molar-refractivity contribution in [2.24, 2.45) is 5.73 Å². The van der Waals surface area contributed by atoms with Crippen LogP contribution in [-0.4, -0.2) is 13.2 Å². The third-order valence-corrected chi connectivity index (χ3v) is 3.69. The fourth-order valence-electron chi connectivity index (χ4n) is 1.84. The van der Waals surface area contributed by atoms with E-state index in [2.05, 4.69) is 18.4 Å². The maximum Gasteiger partial charge on any atom is 0.104 e. The number of ether oxygens (including phenoxy) is 1. The van der Waals surface area contributed by atoms with Gasteiger partial charge in [-0.2, -0.15) is 0 Å². The molecule has 2 rings (SSSR count). The van der Waals surface area contributed by atoms with E-state index in [-0.39, 0.29) is 6.10 Å². The van der Waals surface area contributed by atoms with Crippen LogP contribution in [0.15, 0.2) is 11.4 Å². The van der Waals surface area contributed by atoms with Crippen molar-refractivity contribution in [2.75, 3.05) is 13.2 Å². The maximum atomic E-state index is 5.70. The van der Waals surface area contributed by atoms with Gasteiger partial charge in [-0.25, -0.2) is 0 Å². The van der Waals surface area contributed by atoms with Gasteiger partial charge in [0.05, 0.1) is 6.61 Å². The van der Waals surface area contributed by atoms with Crippen LogP contribution in [0.5, 0.6) is 0 Å². The van der Waals surface area contributed by atoms with Crippen LogP contribution in [0.2, 0.25) is 0 Å². The zero-order valence-electron chi connectivity index (χ0n) is 7.82. The van der Waals surface area contributed by atoms with Gasteiger partial charge in [0.15, 0.2) is 0 Å². The predicted molar refractivity (Wildman–Crippen MR) is 55.1 cm³/mol. The molecule has 0 aliphatic carbocycles. The predicted octanol–water partition coefficient (Wildman–Crippen LogP) is 2.27. The lowest BCUT2D eigenvalue weighted by Gasteiger charge is -2.27. The molecule has 2 N–H and O–H groups in total. The molecule has 2 nitrogen and oxygen atoms in total. The maximum absolute atomic E-state index is 5.70. The van der Waals surface area contributed by atoms with Crippen LogP contribution in [0.3, 0.4) is 0 Å². The van der Waals surface area contributed by atoms with E-state index in [0.717, 1.165) is 13.0 Å². The standard InChI is InChI=1S/C10H15NOS/c1-2-7-6-12-9(5-11)10-8(7)3-4-13-10/h3-4,7,9H,2,5-6,11H2,1H3. The summed E-state index contributed by atoms with van der Waals surface area (Å²) in [5.41, 5.74) is 7.11. The van der Waals surface area contributed by atoms with E-state index in [1.165, 1.54) is 10.4 Å². The first-order valence-corrected chi connectivity index (χ1v) is 5.63. The summed E-state index contributed by atoms with van der Waals surface area (Å²) in [6.45, 7) is 3.64. The minimum atomic E-state index is 0.151. The summed E-state index contributed by atoms with van der Waals surface area (Å²) >= 11 is 1.77. The number of nitrogens with two attached hydrogens (primary N) is 1. The minimum absolute atomic E-state index is 0.151. The highest BCUT2D eigenvalue weighted by molar-refractivity contribution is 7.10. The van der Waals surface area contributed by atoms with Gasteiger partial charge in [-0.05, 0) is 23.4 Å². The van der Waals surface area contributed by atoms with Crippen molar-refractivity contribution < 1.29 is 4.74 Å². The third-order valence-electron chi connectivity index (χ3n) is 2.66. The Morgan fingerprint density at radius 1 is 1.69 bits per heavy atom. The molecule has 0 amide bonds. The van der Waals surface area contributed by atoms with Gasteiger partial charge >= 0.3 is 0 Å². The first-order chi connectivity index (χ1) is 6.36. The topological polar surface area (TPSA) is 35.2 Å². The molecule has 3 heteroatoms. The normalized spacial score (nSPS) is 27.2. The molecule has 1 aromatic rings. The molecule has 1 aliphatic rings. The molecule has 0 fully saturated rings. The molecule has 2 unspecified atom stereocenters. The van der Waals surface area contributed by atoms with E-state index in [1.54, 1.807) is 11.3 Å². The number of thiophene rings is 1. The zero-order chi connectivity index (χ0) is 9.26. The van der Waals surface area contributed by atoms with E-state index in [9.17, 15) is 0 Å². The van der Waals surface area contributed by atoms with Gasteiger partial charge in [-0.15, -0.1) is 11.3 Å². The van der Waals surface area contributed by atoms with Crippen molar-refractivity contribution in [3.05, 3.63) is 21.9 Å². The molecule has 0 saturated carbocycles. The lowest BCUT2D eigenvalue weighted by atomic mass is 9.94. The monoisotopic (exact) mass is 197 g/mol. The smallest absolute Gasteiger partial charge is 0.104 e. The van der Waals surface area contributed by atoms with Crippen LogP contribution in [0, 0.1) is 0 Å². The van der Waals surface area contributed by atoms with E-state index in [1.807, 2.05) is 0 Å². The zero-order valence-corrected chi connectivity index (χ0v) is 8.64. The van der Waals surface area contributed by atoms with E-state index in [4.69, 9.17) is 10.5 Å². The number of hydrogen-bond donors (Lipinski definition) is 1. The average molecular weight is 197 g/mol. The van der Waals surface area contributed by atoms with Crippen LogP contribution in [0.25, 0.3) is 0 Å². The van der Waals surface area contributed by atoms with E-state index in [0.29, 0.717) is 12.5 Å². The van der Waals surface area contributed by atoms with Gasteiger partial charge in [-0.3, -0.25) is 0 Å². The van der Waals surface area contributed by atoms with Crippen molar-refractivity contribution in [3.8, 4) is 0 Å². The van der Waals surface area contributed by atoms with Crippen molar-refractivity contribution in [1.82, 2.24) is 0 Å². The molecule has 2 heterocycles. The molecule has 0 radical (unpaired) electrons. The van der Waals surface area contributed by atoms with Crippen LogP contribution >= 0.6 is 11.3 Å². The summed E-state index contributed by atoms with van der Waals surface area (Å²) in [6.07, 6.45) is 1.30. The average Bonchev–Trinajstić information content (AvgIpc) is 2.64. The fraction of sp³-hybridized carbons (Fsp3) is 0.600. The largest absolute Gasteiger partial charge is 0.371 e. The third kappa shape index (κ3) is 1.52. The van der Waals surface area contributed by atoms with Crippen LogP contribution in [-0.2, 0) is 4.74 Å². The SMILES string of the molecule is CCC1COC(CN)c2sccc21. The lowest BCUT2D eigenvalue weighted by molar-refractivity contribution is 0.0356. The summed E-state index contributed by atoms with van der Waals surface area (Å²) < 4.78 is 5.70. The molecule has 0 bridgehead atoms. The number of fused-ring (bicyclic) bond motifs is 1. The molecule has 13 heavy (non-hydrogen) atoms. The Bertz CT molecular complexity index is 258. The Morgan fingerprint density at radius 2 is 2.54 bits per heavy atom. The molecule has 1 aliphatic heterocycles. The minimum Gasteiger partial charge on any atom is -0.371 e. The summed E-state index contributed by atoms with van der Waals surface area (Å²) in [5.74, 6) is 0.587. The molecule has 0 saturated heterocycles. The molecular weight excluding hydrogens is 182 g/mol. The Balaban J connectivity index is 2.31. The van der Waals surface area contributed by atoms with Gasteiger partial charge in [0.1, 0.15) is 6.10 Å². The fourth-order valence-corrected chi connectivity index (χ4v) is 2.89. The quantitative estimate of drug-likeness (QED) is 0.789. The van der Waals surface area contributed by atoms with Crippen molar-refractivity contribution in [1.29, 1.82) is 0 Å². The Hall–Kier alpha value is -0.380. The van der Waals surface area contributed by atoms with E-state index < -0.39 is 0 Å². The molecule has 72 valence electrons. The second-order valence-corrected chi connectivity index (χ2v) is 4.35. The Kier molecular flexibility index (Phi) is 2.67. The van der Waals surface area contributed by atoms with Gasteiger partial charge in [-0.1, -0.05) is 6.92 Å². The second kappa shape index (κ2) is 3.78. The Morgan fingerprint density at radius 3 is 3.23 bits per heavy atom. The molecule has 0 spiro atoms. The lowest BCUT2D eigenvalue weighted by Crippen LogP contribution is -2.24. The molecule has 2 atom stereocenters. The van der Waals surface area contributed by atoms with Crippen molar-refractivity contribution in [3.63, 3.8) is 0 Å². The van der Waals surface area contributed by atoms with Crippen LogP contribution in [0.1, 0.15) is 35.8 Å². The number of hydrogen-bond acceptors (Lipinski definition) is 3.